The van der Waals surface area contributed by atoms with Crippen molar-refractivity contribution >= 4 is 6.03 Å². The van der Waals surface area contributed by atoms with E-state index in [9.17, 15) is 4.79 Å². The van der Waals surface area contributed by atoms with Gasteiger partial charge in [-0.2, -0.15) is 5.10 Å². The van der Waals surface area contributed by atoms with Gasteiger partial charge in [0.05, 0.1) is 0 Å². The minimum atomic E-state index is -0.0675. The number of amides is 2. The highest BCUT2D eigenvalue weighted by molar-refractivity contribution is 5.74. The van der Waals surface area contributed by atoms with Crippen molar-refractivity contribution < 1.29 is 4.79 Å². The van der Waals surface area contributed by atoms with Gasteiger partial charge in [-0.25, -0.2) is 19.4 Å². The molecule has 2 aromatic heterocycles. The third-order valence-corrected chi connectivity index (χ3v) is 3.38. The zero-order valence-electron chi connectivity index (χ0n) is 14.1. The summed E-state index contributed by atoms with van der Waals surface area (Å²) in [6.45, 7) is 9.37. The predicted octanol–water partition coefficient (Wildman–Crippen LogP) is 2.24. The summed E-state index contributed by atoms with van der Waals surface area (Å²) in [4.78, 5) is 22.6. The van der Waals surface area contributed by atoms with E-state index in [4.69, 9.17) is 0 Å². The van der Waals surface area contributed by atoms with Crippen LogP contribution in [0.3, 0.4) is 0 Å². The van der Waals surface area contributed by atoms with Crippen LogP contribution in [-0.4, -0.2) is 43.3 Å². The lowest BCUT2D eigenvalue weighted by Crippen LogP contribution is -2.45. The molecule has 0 saturated carbocycles. The predicted molar refractivity (Wildman–Crippen MR) is 88.1 cm³/mol. The van der Waals surface area contributed by atoms with Gasteiger partial charge in [-0.15, -0.1) is 0 Å². The molecule has 7 heteroatoms. The third-order valence-electron chi connectivity index (χ3n) is 3.38. The van der Waals surface area contributed by atoms with Gasteiger partial charge < -0.3 is 10.2 Å². The lowest BCUT2D eigenvalue weighted by molar-refractivity contribution is 0.174. The van der Waals surface area contributed by atoms with Gasteiger partial charge in [0.1, 0.15) is 12.7 Å². The average Bonchev–Trinajstić information content (AvgIpc) is 3.04. The summed E-state index contributed by atoms with van der Waals surface area (Å²) in [7, 11) is 0. The Morgan fingerprint density at radius 3 is 2.74 bits per heavy atom. The van der Waals surface area contributed by atoms with Crippen molar-refractivity contribution in [3.05, 3.63) is 36.5 Å². The first-order valence-corrected chi connectivity index (χ1v) is 7.82. The SMILES string of the molecule is CC(C)CN(C(=O)NCc1cccnc1-n1cncn1)C(C)C. The van der Waals surface area contributed by atoms with Crippen molar-refractivity contribution in [3.63, 3.8) is 0 Å². The zero-order valence-corrected chi connectivity index (χ0v) is 14.1. The first-order chi connectivity index (χ1) is 11.0. The van der Waals surface area contributed by atoms with Gasteiger partial charge in [0.15, 0.2) is 5.82 Å². The second-order valence-corrected chi connectivity index (χ2v) is 6.12. The molecule has 0 spiro atoms. The Bertz CT molecular complexity index is 623. The van der Waals surface area contributed by atoms with Crippen LogP contribution in [0, 0.1) is 5.92 Å². The molecule has 1 N–H and O–H groups in total. The van der Waals surface area contributed by atoms with Gasteiger partial charge in [-0.3, -0.25) is 0 Å². The lowest BCUT2D eigenvalue weighted by Gasteiger charge is -2.28. The van der Waals surface area contributed by atoms with Gasteiger partial charge in [0, 0.05) is 30.9 Å². The van der Waals surface area contributed by atoms with Crippen molar-refractivity contribution in [3.8, 4) is 5.82 Å². The van der Waals surface area contributed by atoms with Crippen LogP contribution in [-0.2, 0) is 6.54 Å². The summed E-state index contributed by atoms with van der Waals surface area (Å²) < 4.78 is 1.59. The standard InChI is InChI=1S/C16H24N6O/c1-12(2)9-21(13(3)4)16(23)19-8-14-6-5-7-18-15(14)22-11-17-10-20-22/h5-7,10-13H,8-9H2,1-4H3,(H,19,23). The normalized spacial score (nSPS) is 11.0. The van der Waals surface area contributed by atoms with Gasteiger partial charge in [-0.05, 0) is 25.8 Å². The summed E-state index contributed by atoms with van der Waals surface area (Å²) in [6.07, 6.45) is 4.74. The molecule has 0 saturated heterocycles. The minimum absolute atomic E-state index is 0.0675. The number of hydrogen-bond donors (Lipinski definition) is 1. The highest BCUT2D eigenvalue weighted by atomic mass is 16.2. The Hall–Kier alpha value is -2.44. The zero-order chi connectivity index (χ0) is 16.8. The number of nitrogens with one attached hydrogen (secondary N) is 1. The maximum Gasteiger partial charge on any atom is 0.317 e. The second-order valence-electron chi connectivity index (χ2n) is 6.12. The molecule has 2 rings (SSSR count). The Kier molecular flexibility index (Phi) is 5.67. The largest absolute Gasteiger partial charge is 0.334 e. The fourth-order valence-electron chi connectivity index (χ4n) is 2.29. The number of nitrogens with zero attached hydrogens (tertiary/aromatic N) is 5. The molecule has 2 aromatic rings. The molecule has 0 radical (unpaired) electrons. The van der Waals surface area contributed by atoms with Crippen LogP contribution in [0.5, 0.6) is 0 Å². The first kappa shape index (κ1) is 16.9. The van der Waals surface area contributed by atoms with Gasteiger partial charge >= 0.3 is 6.03 Å². The number of carbonyl (C=O) groups is 1. The molecule has 0 aliphatic rings. The van der Waals surface area contributed by atoms with E-state index < -0.39 is 0 Å². The molecule has 7 nitrogen and oxygen atoms in total. The van der Waals surface area contributed by atoms with Crippen molar-refractivity contribution in [1.29, 1.82) is 0 Å². The molecule has 0 aliphatic heterocycles. The highest BCUT2D eigenvalue weighted by Crippen LogP contribution is 2.10. The van der Waals surface area contributed by atoms with E-state index >= 15 is 0 Å². The van der Waals surface area contributed by atoms with Gasteiger partial charge in [0.25, 0.3) is 0 Å². The van der Waals surface area contributed by atoms with Gasteiger partial charge in [-0.1, -0.05) is 19.9 Å². The van der Waals surface area contributed by atoms with Crippen LogP contribution in [0.4, 0.5) is 4.79 Å². The molecule has 23 heavy (non-hydrogen) atoms. The van der Waals surface area contributed by atoms with E-state index in [-0.39, 0.29) is 12.1 Å². The summed E-state index contributed by atoms with van der Waals surface area (Å²) in [5.41, 5.74) is 0.889. The molecule has 0 fully saturated rings. The minimum Gasteiger partial charge on any atom is -0.334 e. The number of carbonyl (C=O) groups excluding carboxylic acids is 1. The van der Waals surface area contributed by atoms with E-state index in [0.717, 1.165) is 12.1 Å². The Labute approximate surface area is 136 Å². The van der Waals surface area contributed by atoms with Crippen molar-refractivity contribution in [2.45, 2.75) is 40.3 Å². The van der Waals surface area contributed by atoms with E-state index in [1.54, 1.807) is 17.2 Å². The Morgan fingerprint density at radius 1 is 1.35 bits per heavy atom. The van der Waals surface area contributed by atoms with Gasteiger partial charge in [0.2, 0.25) is 0 Å². The smallest absolute Gasteiger partial charge is 0.317 e. The summed E-state index contributed by atoms with van der Waals surface area (Å²) in [6, 6.07) is 3.85. The van der Waals surface area contributed by atoms with Crippen molar-refractivity contribution in [2.24, 2.45) is 5.92 Å². The van der Waals surface area contributed by atoms with E-state index in [2.05, 4.69) is 34.2 Å². The number of hydrogen-bond acceptors (Lipinski definition) is 4. The molecule has 0 aromatic carbocycles. The molecule has 0 unspecified atom stereocenters. The van der Waals surface area contributed by atoms with Crippen LogP contribution in [0.1, 0.15) is 33.3 Å². The van der Waals surface area contributed by atoms with Crippen molar-refractivity contribution in [1.82, 2.24) is 30.0 Å². The lowest BCUT2D eigenvalue weighted by atomic mass is 10.2. The average molecular weight is 316 g/mol. The number of aromatic nitrogens is 4. The summed E-state index contributed by atoms with van der Waals surface area (Å²) in [5, 5.41) is 7.07. The van der Waals surface area contributed by atoms with Crippen LogP contribution in [0.2, 0.25) is 0 Å². The fourth-order valence-corrected chi connectivity index (χ4v) is 2.29. The number of urea groups is 1. The molecule has 124 valence electrons. The van der Waals surface area contributed by atoms with E-state index in [1.807, 2.05) is 30.9 Å². The van der Waals surface area contributed by atoms with Crippen molar-refractivity contribution in [2.75, 3.05) is 6.54 Å². The fraction of sp³-hybridized carbons (Fsp3) is 0.500. The Morgan fingerprint density at radius 2 is 2.13 bits per heavy atom. The van der Waals surface area contributed by atoms with E-state index in [0.29, 0.717) is 18.3 Å². The van der Waals surface area contributed by atoms with Crippen LogP contribution >= 0.6 is 0 Å². The first-order valence-electron chi connectivity index (χ1n) is 7.82. The maximum atomic E-state index is 12.5. The topological polar surface area (TPSA) is 75.9 Å². The molecular formula is C16H24N6O. The van der Waals surface area contributed by atoms with Crippen LogP contribution in [0.25, 0.3) is 5.82 Å². The Balaban J connectivity index is 2.07. The molecule has 0 atom stereocenters. The van der Waals surface area contributed by atoms with E-state index in [1.165, 1.54) is 6.33 Å². The molecule has 0 aliphatic carbocycles. The van der Waals surface area contributed by atoms with Crippen LogP contribution < -0.4 is 5.32 Å². The second kappa shape index (κ2) is 7.71. The quantitative estimate of drug-likeness (QED) is 0.887. The van der Waals surface area contributed by atoms with Crippen LogP contribution in [0.15, 0.2) is 31.0 Å². The molecular weight excluding hydrogens is 292 g/mol. The summed E-state index contributed by atoms with van der Waals surface area (Å²) >= 11 is 0. The molecule has 0 bridgehead atoms. The highest BCUT2D eigenvalue weighted by Gasteiger charge is 2.18. The number of pyridine rings is 1. The monoisotopic (exact) mass is 316 g/mol. The maximum absolute atomic E-state index is 12.5. The molecule has 2 amide bonds. The summed E-state index contributed by atoms with van der Waals surface area (Å²) in [5.74, 6) is 1.09. The molecule has 2 heterocycles. The number of rotatable bonds is 6. The third kappa shape index (κ3) is 4.51.